The predicted molar refractivity (Wildman–Crippen MR) is 158 cm³/mol. The molecule has 40 heavy (non-hydrogen) atoms. The molecule has 0 bridgehead atoms. The Bertz CT molecular complexity index is 599. The third kappa shape index (κ3) is 32.6. The number of hydrogen-bond donors (Lipinski definition) is 4. The highest BCUT2D eigenvalue weighted by Gasteiger charge is 2.37. The highest BCUT2D eigenvalue weighted by molar-refractivity contribution is 7.46. The van der Waals surface area contributed by atoms with E-state index < -0.39 is 28.2 Å². The largest absolute Gasteiger partial charge is 0.469 e. The molecule has 13 heteroatoms. The number of phosphoric ester groups is 2. The van der Waals surface area contributed by atoms with Crippen LogP contribution in [0.2, 0.25) is 0 Å². The summed E-state index contributed by atoms with van der Waals surface area (Å²) in [7, 11) is -8.86. The first kappa shape index (κ1) is 42.2. The maximum Gasteiger partial charge on any atom is 0.469 e. The summed E-state index contributed by atoms with van der Waals surface area (Å²) in [5.74, 6) is -1.55. The fraction of sp³-hybridized carbons (Fsp3) is 1.00. The van der Waals surface area contributed by atoms with Crippen molar-refractivity contribution >= 4 is 15.6 Å². The molecule has 0 saturated carbocycles. The normalized spacial score (nSPS) is 12.4. The third-order valence-electron chi connectivity index (χ3n) is 5.88. The van der Waals surface area contributed by atoms with Crippen molar-refractivity contribution in [3.8, 4) is 0 Å². The van der Waals surface area contributed by atoms with E-state index in [2.05, 4.69) is 16.0 Å². The highest BCUT2D eigenvalue weighted by atomic mass is 31.2. The van der Waals surface area contributed by atoms with E-state index in [9.17, 15) is 9.13 Å². The summed E-state index contributed by atoms with van der Waals surface area (Å²) in [4.78, 5) is 34.8. The summed E-state index contributed by atoms with van der Waals surface area (Å²) < 4.78 is 47.3. The van der Waals surface area contributed by atoms with Crippen molar-refractivity contribution in [2.75, 3.05) is 33.0 Å². The molecule has 0 heterocycles. The van der Waals surface area contributed by atoms with Gasteiger partial charge in [0, 0.05) is 0 Å². The van der Waals surface area contributed by atoms with Crippen LogP contribution in [0.5, 0.6) is 0 Å². The summed E-state index contributed by atoms with van der Waals surface area (Å²) in [5, 5.41) is 0. The summed E-state index contributed by atoms with van der Waals surface area (Å²) >= 11 is 0. The Morgan fingerprint density at radius 2 is 0.775 bits per heavy atom. The van der Waals surface area contributed by atoms with E-state index in [1.165, 1.54) is 51.4 Å². The molecule has 0 fully saturated rings. The molecule has 0 saturated heterocycles. The van der Waals surface area contributed by atoms with Gasteiger partial charge < -0.3 is 33.8 Å². The molecule has 0 atom stereocenters. The number of rotatable bonds is 28. The first-order valence-electron chi connectivity index (χ1n) is 15.3. The van der Waals surface area contributed by atoms with E-state index in [-0.39, 0.29) is 6.61 Å². The highest BCUT2D eigenvalue weighted by Crippen LogP contribution is 2.38. The molecule has 0 amide bonds. The van der Waals surface area contributed by atoms with Gasteiger partial charge in [0.05, 0.1) is 26.4 Å². The lowest BCUT2D eigenvalue weighted by atomic mass is 10.1. The van der Waals surface area contributed by atoms with Gasteiger partial charge in [-0.15, -0.1) is 0 Å². The molecular weight excluding hydrogens is 562 g/mol. The van der Waals surface area contributed by atoms with Crippen LogP contribution >= 0.6 is 15.6 Å². The summed E-state index contributed by atoms with van der Waals surface area (Å²) in [6.07, 6.45) is 18.6. The number of unbranched alkanes of at least 4 members (excludes halogenated alkanes) is 13. The molecule has 4 N–H and O–H groups in total. The first-order valence-corrected chi connectivity index (χ1v) is 18.3. The van der Waals surface area contributed by atoms with Crippen LogP contribution in [-0.2, 0) is 32.4 Å². The molecule has 0 rings (SSSR count). The van der Waals surface area contributed by atoms with Gasteiger partial charge in [-0.25, -0.2) is 9.13 Å². The van der Waals surface area contributed by atoms with Crippen molar-refractivity contribution in [1.82, 2.24) is 0 Å². The third-order valence-corrected chi connectivity index (χ3v) is 6.86. The minimum Gasteiger partial charge on any atom is -0.326 e. The van der Waals surface area contributed by atoms with Gasteiger partial charge in [-0.2, -0.15) is 0 Å². The van der Waals surface area contributed by atoms with Crippen LogP contribution in [0, 0.1) is 0 Å². The van der Waals surface area contributed by atoms with Crippen molar-refractivity contribution in [3.05, 3.63) is 0 Å². The van der Waals surface area contributed by atoms with E-state index >= 15 is 0 Å². The molecular formula is C27H60O11P2. The molecule has 11 nitrogen and oxygen atoms in total. The molecule has 244 valence electrons. The van der Waals surface area contributed by atoms with Crippen molar-refractivity contribution in [2.24, 2.45) is 0 Å². The average molecular weight is 623 g/mol. The lowest BCUT2D eigenvalue weighted by Gasteiger charge is -2.33. The van der Waals surface area contributed by atoms with E-state index in [1.54, 1.807) is 0 Å². The molecule has 0 radical (unpaired) electrons. The Morgan fingerprint density at radius 1 is 0.450 bits per heavy atom. The summed E-state index contributed by atoms with van der Waals surface area (Å²) in [6.45, 7) is 9.12. The lowest BCUT2D eigenvalue weighted by Crippen LogP contribution is -2.44. The zero-order valence-corrected chi connectivity index (χ0v) is 27.4. The molecule has 0 aliphatic rings. The van der Waals surface area contributed by atoms with Crippen LogP contribution in [-0.4, -0.2) is 58.6 Å². The van der Waals surface area contributed by atoms with Crippen LogP contribution in [0.15, 0.2) is 0 Å². The van der Waals surface area contributed by atoms with Gasteiger partial charge in [0.15, 0.2) is 0 Å². The maximum absolute atomic E-state index is 11.0. The molecule has 0 unspecified atom stereocenters. The van der Waals surface area contributed by atoms with Gasteiger partial charge >= 0.3 is 21.6 Å². The van der Waals surface area contributed by atoms with Gasteiger partial charge in [-0.3, -0.25) is 9.05 Å². The fourth-order valence-corrected chi connectivity index (χ4v) is 4.17. The number of phosphoric acid groups is 2. The quantitative estimate of drug-likeness (QED) is 0.0386. The van der Waals surface area contributed by atoms with E-state index in [1.807, 2.05) is 20.8 Å². The predicted octanol–water partition coefficient (Wildman–Crippen LogP) is 7.61. The monoisotopic (exact) mass is 622 g/mol. The topological polar surface area (TPSA) is 161 Å². The maximum atomic E-state index is 11.0. The fourth-order valence-electron chi connectivity index (χ4n) is 3.48. The van der Waals surface area contributed by atoms with E-state index in [4.69, 9.17) is 33.8 Å². The summed E-state index contributed by atoms with van der Waals surface area (Å²) in [5.41, 5.74) is 0. The zero-order valence-electron chi connectivity index (χ0n) is 25.6. The van der Waals surface area contributed by atoms with Gasteiger partial charge in [0.25, 0.3) is 0 Å². The molecule has 0 aromatic carbocycles. The van der Waals surface area contributed by atoms with Gasteiger partial charge in [-0.1, -0.05) is 111 Å². The number of hydrogen-bond acceptors (Lipinski definition) is 7. The van der Waals surface area contributed by atoms with Gasteiger partial charge in [0.1, 0.15) is 6.61 Å². The van der Waals surface area contributed by atoms with Crippen molar-refractivity contribution in [3.63, 3.8) is 0 Å². The Balaban J connectivity index is 0. The van der Waals surface area contributed by atoms with Crippen LogP contribution in [0.4, 0.5) is 0 Å². The number of ether oxygens (including phenoxy) is 3. The second kappa shape index (κ2) is 27.9. The van der Waals surface area contributed by atoms with E-state index in [0.29, 0.717) is 19.8 Å². The average Bonchev–Trinajstić information content (AvgIpc) is 2.88. The first-order chi connectivity index (χ1) is 18.9. The zero-order chi connectivity index (χ0) is 30.6. The van der Waals surface area contributed by atoms with Crippen LogP contribution in [0.3, 0.4) is 0 Å². The van der Waals surface area contributed by atoms with Crippen molar-refractivity contribution < 1.29 is 52.0 Å². The van der Waals surface area contributed by atoms with Gasteiger partial charge in [-0.05, 0) is 25.7 Å². The standard InChI is InChI=1S/C14H31O7P.C13H29O4P/c1-4-7-10-18-14(19-11-8-5-2,20-12-9-6-3)13-21-22(15,16)17;1-2-3-4-5-6-7-8-9-10-11-12-13-17-18(14,15)16/h4-13H2,1-3H3,(H2,15,16,17);2-13H2,1H3,(H2,14,15,16). The molecule has 0 aliphatic carbocycles. The van der Waals surface area contributed by atoms with Crippen molar-refractivity contribution in [1.29, 1.82) is 0 Å². The van der Waals surface area contributed by atoms with Crippen LogP contribution < -0.4 is 0 Å². The summed E-state index contributed by atoms with van der Waals surface area (Å²) in [6, 6.07) is 0. The Kier molecular flexibility index (Phi) is 29.5. The lowest BCUT2D eigenvalue weighted by molar-refractivity contribution is -0.390. The second-order valence-corrected chi connectivity index (χ2v) is 12.4. The van der Waals surface area contributed by atoms with Crippen LogP contribution in [0.1, 0.15) is 137 Å². The Morgan fingerprint density at radius 3 is 1.10 bits per heavy atom. The van der Waals surface area contributed by atoms with Crippen molar-refractivity contribution in [2.45, 2.75) is 143 Å². The molecule has 0 aromatic rings. The Hall–Kier alpha value is 0.1000. The molecule has 0 aliphatic heterocycles. The Labute approximate surface area is 243 Å². The minimum atomic E-state index is -4.62. The molecule has 0 aromatic heterocycles. The minimum absolute atomic E-state index is 0.168. The van der Waals surface area contributed by atoms with Gasteiger partial charge in [0.2, 0.25) is 0 Å². The SMILES string of the molecule is CCCCCCCCCCCCCOP(=O)(O)O.CCCCOC(COP(=O)(O)O)(OCCCC)OCCCC. The van der Waals surface area contributed by atoms with Crippen LogP contribution in [0.25, 0.3) is 0 Å². The van der Waals surface area contributed by atoms with E-state index in [0.717, 1.165) is 57.8 Å². The smallest absolute Gasteiger partial charge is 0.326 e. The molecule has 0 spiro atoms. The second-order valence-electron chi connectivity index (χ2n) is 9.91.